The molecule has 0 saturated heterocycles. The average molecular weight is 192 g/mol. The Balaban J connectivity index is 2.52. The molecule has 14 heavy (non-hydrogen) atoms. The summed E-state index contributed by atoms with van der Waals surface area (Å²) < 4.78 is 5.15. The SMILES string of the molecule is COc1nc(C=O)nc2c1CCCC2. The second-order valence-electron chi connectivity index (χ2n) is 3.34. The monoisotopic (exact) mass is 192 g/mol. The summed E-state index contributed by atoms with van der Waals surface area (Å²) in [7, 11) is 1.58. The number of rotatable bonds is 2. The third-order valence-electron chi connectivity index (χ3n) is 2.46. The fraction of sp³-hybridized carbons (Fsp3) is 0.500. The van der Waals surface area contributed by atoms with E-state index in [0.29, 0.717) is 12.2 Å². The Kier molecular flexibility index (Phi) is 2.43. The van der Waals surface area contributed by atoms with Crippen molar-refractivity contribution in [3.05, 3.63) is 17.1 Å². The van der Waals surface area contributed by atoms with Gasteiger partial charge in [0.25, 0.3) is 0 Å². The van der Waals surface area contributed by atoms with Gasteiger partial charge in [-0.15, -0.1) is 0 Å². The third-order valence-corrected chi connectivity index (χ3v) is 2.46. The number of aryl methyl sites for hydroxylation is 1. The standard InChI is InChI=1S/C10H12N2O2/c1-14-10-7-4-2-3-5-8(7)11-9(6-13)12-10/h6H,2-5H2,1H3. The molecule has 0 aromatic carbocycles. The fourth-order valence-electron chi connectivity index (χ4n) is 1.80. The van der Waals surface area contributed by atoms with Crippen molar-refractivity contribution in [3.63, 3.8) is 0 Å². The van der Waals surface area contributed by atoms with Crippen LogP contribution in [0.15, 0.2) is 0 Å². The highest BCUT2D eigenvalue weighted by Crippen LogP contribution is 2.26. The Morgan fingerprint density at radius 3 is 2.79 bits per heavy atom. The third kappa shape index (κ3) is 1.47. The molecule has 0 aliphatic heterocycles. The lowest BCUT2D eigenvalue weighted by Gasteiger charge is -2.16. The molecule has 1 aromatic heterocycles. The quantitative estimate of drug-likeness (QED) is 0.660. The number of nitrogens with zero attached hydrogens (tertiary/aromatic N) is 2. The average Bonchev–Trinajstić information content (AvgIpc) is 2.27. The predicted molar refractivity (Wildman–Crippen MR) is 50.6 cm³/mol. The van der Waals surface area contributed by atoms with Crippen LogP contribution in [0.3, 0.4) is 0 Å². The molecule has 0 spiro atoms. The minimum atomic E-state index is 0.225. The van der Waals surface area contributed by atoms with Crippen molar-refractivity contribution < 1.29 is 9.53 Å². The molecule has 0 fully saturated rings. The van der Waals surface area contributed by atoms with E-state index in [1.807, 2.05) is 0 Å². The Hall–Kier alpha value is -1.45. The van der Waals surface area contributed by atoms with Gasteiger partial charge in [0.2, 0.25) is 5.88 Å². The number of hydrogen-bond acceptors (Lipinski definition) is 4. The zero-order valence-electron chi connectivity index (χ0n) is 8.12. The molecule has 0 atom stereocenters. The van der Waals surface area contributed by atoms with Crippen LogP contribution in [-0.4, -0.2) is 23.4 Å². The van der Waals surface area contributed by atoms with Crippen molar-refractivity contribution >= 4 is 6.29 Å². The smallest absolute Gasteiger partial charge is 0.220 e. The first kappa shape index (κ1) is 9.12. The van der Waals surface area contributed by atoms with Gasteiger partial charge in [-0.1, -0.05) is 0 Å². The minimum absolute atomic E-state index is 0.225. The van der Waals surface area contributed by atoms with Gasteiger partial charge in [0, 0.05) is 5.56 Å². The van der Waals surface area contributed by atoms with Crippen LogP contribution in [-0.2, 0) is 12.8 Å². The summed E-state index contributed by atoms with van der Waals surface area (Å²) in [6.45, 7) is 0. The highest BCUT2D eigenvalue weighted by molar-refractivity contribution is 5.69. The molecule has 4 heteroatoms. The summed E-state index contributed by atoms with van der Waals surface area (Å²) in [5.74, 6) is 0.791. The van der Waals surface area contributed by atoms with Gasteiger partial charge in [-0.05, 0) is 25.7 Å². The lowest BCUT2D eigenvalue weighted by atomic mass is 9.97. The Bertz CT molecular complexity index is 346. The van der Waals surface area contributed by atoms with Crippen LogP contribution in [0.4, 0.5) is 0 Å². The van der Waals surface area contributed by atoms with Gasteiger partial charge in [0.05, 0.1) is 12.8 Å². The first-order chi connectivity index (χ1) is 6.85. The maximum absolute atomic E-state index is 10.6. The van der Waals surface area contributed by atoms with E-state index in [2.05, 4.69) is 9.97 Å². The van der Waals surface area contributed by atoms with Crippen LogP contribution in [0.2, 0.25) is 0 Å². The number of hydrogen-bond donors (Lipinski definition) is 0. The topological polar surface area (TPSA) is 52.1 Å². The zero-order valence-corrected chi connectivity index (χ0v) is 8.12. The van der Waals surface area contributed by atoms with Gasteiger partial charge >= 0.3 is 0 Å². The van der Waals surface area contributed by atoms with Crippen molar-refractivity contribution in [2.45, 2.75) is 25.7 Å². The highest BCUT2D eigenvalue weighted by atomic mass is 16.5. The maximum atomic E-state index is 10.6. The van der Waals surface area contributed by atoms with Gasteiger partial charge in [-0.25, -0.2) is 4.98 Å². The minimum Gasteiger partial charge on any atom is -0.481 e. The summed E-state index contributed by atoms with van der Waals surface area (Å²) in [4.78, 5) is 18.8. The molecule has 0 N–H and O–H groups in total. The first-order valence-corrected chi connectivity index (χ1v) is 4.74. The van der Waals surface area contributed by atoms with E-state index >= 15 is 0 Å². The first-order valence-electron chi connectivity index (χ1n) is 4.74. The van der Waals surface area contributed by atoms with Crippen LogP contribution >= 0.6 is 0 Å². The number of methoxy groups -OCH3 is 1. The van der Waals surface area contributed by atoms with Gasteiger partial charge < -0.3 is 4.74 Å². The summed E-state index contributed by atoms with van der Waals surface area (Å²) in [6, 6.07) is 0. The molecule has 1 heterocycles. The van der Waals surface area contributed by atoms with Gasteiger partial charge in [0.1, 0.15) is 0 Å². The van der Waals surface area contributed by atoms with Gasteiger partial charge in [-0.3, -0.25) is 4.79 Å². The van der Waals surface area contributed by atoms with Crippen molar-refractivity contribution in [1.29, 1.82) is 0 Å². The molecule has 1 aliphatic carbocycles. The van der Waals surface area contributed by atoms with Crippen molar-refractivity contribution in [3.8, 4) is 5.88 Å². The molecular formula is C10H12N2O2. The van der Waals surface area contributed by atoms with Crippen LogP contribution in [0.5, 0.6) is 5.88 Å². The summed E-state index contributed by atoms with van der Waals surface area (Å²) in [6.07, 6.45) is 4.82. The number of aromatic nitrogens is 2. The number of aldehydes is 1. The van der Waals surface area contributed by atoms with E-state index in [-0.39, 0.29) is 5.82 Å². The van der Waals surface area contributed by atoms with Crippen LogP contribution in [0.25, 0.3) is 0 Å². The molecule has 0 bridgehead atoms. The van der Waals surface area contributed by atoms with Crippen molar-refractivity contribution in [2.24, 2.45) is 0 Å². The molecule has 74 valence electrons. The van der Waals surface area contributed by atoms with Crippen molar-refractivity contribution in [1.82, 2.24) is 9.97 Å². The second-order valence-corrected chi connectivity index (χ2v) is 3.34. The molecule has 0 saturated carbocycles. The largest absolute Gasteiger partial charge is 0.481 e. The molecule has 0 radical (unpaired) electrons. The lowest BCUT2D eigenvalue weighted by Crippen LogP contribution is -2.11. The number of ether oxygens (including phenoxy) is 1. The number of fused-ring (bicyclic) bond motifs is 1. The van der Waals surface area contributed by atoms with Gasteiger partial charge in [-0.2, -0.15) is 4.98 Å². The molecule has 1 aliphatic rings. The summed E-state index contributed by atoms with van der Waals surface area (Å²) in [5, 5.41) is 0. The van der Waals surface area contributed by atoms with Crippen LogP contribution in [0.1, 0.15) is 34.7 Å². The number of carbonyl (C=O) groups excluding carboxylic acids is 1. The normalized spacial score (nSPS) is 14.6. The molecule has 0 amide bonds. The van der Waals surface area contributed by atoms with Crippen LogP contribution < -0.4 is 4.74 Å². The lowest BCUT2D eigenvalue weighted by molar-refractivity contribution is 0.111. The van der Waals surface area contributed by atoms with E-state index in [1.54, 1.807) is 7.11 Å². The Morgan fingerprint density at radius 1 is 1.29 bits per heavy atom. The van der Waals surface area contributed by atoms with E-state index in [9.17, 15) is 4.79 Å². The van der Waals surface area contributed by atoms with E-state index in [1.165, 1.54) is 0 Å². The zero-order chi connectivity index (χ0) is 9.97. The Labute approximate surface area is 82.3 Å². The molecule has 4 nitrogen and oxygen atoms in total. The molecular weight excluding hydrogens is 180 g/mol. The Morgan fingerprint density at radius 2 is 2.07 bits per heavy atom. The molecule has 0 unspecified atom stereocenters. The predicted octanol–water partition coefficient (Wildman–Crippen LogP) is 1.18. The molecule has 1 aromatic rings. The van der Waals surface area contributed by atoms with Crippen molar-refractivity contribution in [2.75, 3.05) is 7.11 Å². The van der Waals surface area contributed by atoms with E-state index in [4.69, 9.17) is 4.74 Å². The van der Waals surface area contributed by atoms with E-state index in [0.717, 1.165) is 36.9 Å². The summed E-state index contributed by atoms with van der Waals surface area (Å²) >= 11 is 0. The maximum Gasteiger partial charge on any atom is 0.220 e. The van der Waals surface area contributed by atoms with E-state index < -0.39 is 0 Å². The highest BCUT2D eigenvalue weighted by Gasteiger charge is 2.17. The van der Waals surface area contributed by atoms with Gasteiger partial charge in [0.15, 0.2) is 12.1 Å². The van der Waals surface area contributed by atoms with Crippen LogP contribution in [0, 0.1) is 0 Å². The fourth-order valence-corrected chi connectivity index (χ4v) is 1.80. The second kappa shape index (κ2) is 3.74. The number of carbonyl (C=O) groups is 1. The molecule has 2 rings (SSSR count). The summed E-state index contributed by atoms with van der Waals surface area (Å²) in [5.41, 5.74) is 2.05.